The Morgan fingerprint density at radius 3 is 1.88 bits per heavy atom. The Labute approximate surface area is 197 Å². The number of likely N-dealkylation sites (N-methyl/N-ethyl adjacent to an activating group) is 1. The van der Waals surface area contributed by atoms with Gasteiger partial charge in [-0.3, -0.25) is 9.05 Å². The van der Waals surface area contributed by atoms with Gasteiger partial charge in [-0.25, -0.2) is 4.57 Å². The van der Waals surface area contributed by atoms with E-state index in [9.17, 15) is 14.6 Å². The molecule has 3 atom stereocenters. The molecule has 0 fully saturated rings. The van der Waals surface area contributed by atoms with E-state index in [4.69, 9.17) is 14.2 Å². The second kappa shape index (κ2) is 19.1. The number of unbranched alkanes of at least 4 members (excludes halogenated alkanes) is 12. The van der Waals surface area contributed by atoms with Crippen LogP contribution in [0.4, 0.5) is 0 Å². The minimum atomic E-state index is -4.32. The Morgan fingerprint density at radius 2 is 1.41 bits per heavy atom. The van der Waals surface area contributed by atoms with Crippen molar-refractivity contribution < 1.29 is 33.2 Å². The van der Waals surface area contributed by atoms with Crippen molar-refractivity contribution in [1.29, 1.82) is 0 Å². The van der Waals surface area contributed by atoms with Crippen LogP contribution in [0.3, 0.4) is 0 Å². The lowest BCUT2D eigenvalue weighted by Gasteiger charge is -2.28. The zero-order valence-corrected chi connectivity index (χ0v) is 22.0. The summed E-state index contributed by atoms with van der Waals surface area (Å²) in [6, 6.07) is 0. The van der Waals surface area contributed by atoms with Crippen molar-refractivity contribution in [2.45, 2.75) is 103 Å². The molecular weight excluding hydrogens is 429 g/mol. The summed E-state index contributed by atoms with van der Waals surface area (Å²) in [5.74, 6) is 0. The van der Waals surface area contributed by atoms with Gasteiger partial charge in [-0.2, -0.15) is 0 Å². The van der Waals surface area contributed by atoms with Crippen LogP contribution in [-0.4, -0.2) is 72.7 Å². The molecule has 0 aromatic carbocycles. The molecule has 3 N–H and O–H groups in total. The van der Waals surface area contributed by atoms with Gasteiger partial charge in [0.05, 0.1) is 34.4 Å². The van der Waals surface area contributed by atoms with Crippen LogP contribution in [0.1, 0.15) is 90.4 Å². The molecule has 0 spiro atoms. The first-order valence-corrected chi connectivity index (χ1v) is 14.0. The van der Waals surface area contributed by atoms with Gasteiger partial charge in [0.2, 0.25) is 0 Å². The lowest BCUT2D eigenvalue weighted by atomic mass is 10.0. The van der Waals surface area contributed by atoms with Crippen molar-refractivity contribution in [1.82, 2.24) is 0 Å². The van der Waals surface area contributed by atoms with Crippen LogP contribution in [0.2, 0.25) is 0 Å². The van der Waals surface area contributed by atoms with E-state index in [1.165, 1.54) is 70.6 Å². The Bertz CT molecular complexity index is 509. The highest BCUT2D eigenvalue weighted by Gasteiger charge is 2.29. The van der Waals surface area contributed by atoms with Crippen LogP contribution in [0.25, 0.3) is 0 Å². The molecule has 2 unspecified atom stereocenters. The van der Waals surface area contributed by atoms with Crippen LogP contribution >= 0.6 is 7.82 Å². The van der Waals surface area contributed by atoms with Gasteiger partial charge in [-0.05, 0) is 12.8 Å². The number of nitrogens with zero attached hydrogens (tertiary/aromatic N) is 1. The predicted molar refractivity (Wildman–Crippen MR) is 131 cm³/mol. The summed E-state index contributed by atoms with van der Waals surface area (Å²) in [6.07, 6.45) is 18.7. The Kier molecular flexibility index (Phi) is 18.9. The predicted octanol–water partition coefficient (Wildman–Crippen LogP) is 5.20. The first-order valence-electron chi connectivity index (χ1n) is 12.5. The molecule has 192 valence electrons. The Morgan fingerprint density at radius 1 is 0.906 bits per heavy atom. The number of aliphatic hydroxyl groups is 2. The summed E-state index contributed by atoms with van der Waals surface area (Å²) < 4.78 is 22.8. The van der Waals surface area contributed by atoms with E-state index in [1.807, 2.05) is 33.3 Å². The van der Waals surface area contributed by atoms with Gasteiger partial charge in [0.15, 0.2) is 0 Å². The lowest BCUT2D eigenvalue weighted by molar-refractivity contribution is -0.872. The molecule has 0 radical (unpaired) electrons. The fraction of sp³-hybridized carbons (Fsp3) is 0.917. The van der Waals surface area contributed by atoms with Gasteiger partial charge in [0, 0.05) is 0 Å². The van der Waals surface area contributed by atoms with E-state index in [1.54, 1.807) is 0 Å². The summed E-state index contributed by atoms with van der Waals surface area (Å²) >= 11 is 0. The molecule has 0 saturated heterocycles. The van der Waals surface area contributed by atoms with Crippen LogP contribution in [0.5, 0.6) is 0 Å². The third kappa shape index (κ3) is 21.6. The van der Waals surface area contributed by atoms with Gasteiger partial charge in [-0.15, -0.1) is 0 Å². The molecule has 7 nitrogen and oxygen atoms in total. The Hall–Kier alpha value is -0.270. The summed E-state index contributed by atoms with van der Waals surface area (Å²) in [7, 11) is 1.62. The molecule has 0 aromatic heterocycles. The van der Waals surface area contributed by atoms with E-state index < -0.39 is 33.2 Å². The topological polar surface area (TPSA) is 96.2 Å². The second-order valence-electron chi connectivity index (χ2n) is 9.82. The fourth-order valence-electron chi connectivity index (χ4n) is 3.45. The number of phosphoric ester groups is 1. The number of aliphatic hydroxyl groups excluding tert-OH is 2. The maximum absolute atomic E-state index is 12.2. The highest BCUT2D eigenvalue weighted by Crippen LogP contribution is 2.45. The standard InChI is InChI=1S/C24H50NO6P/c1-5-6-7-8-9-10-11-12-13-14-15-16-17-18-19-24(20-25(2,3)4)31-32(28,29)30-22-23(27)21-26/h18-19,23-24,26-27H,5-17,20-22H2,1-4H3/p+1/t23-,24?/m1/s1. The first-order chi connectivity index (χ1) is 15.1. The van der Waals surface area contributed by atoms with Crippen LogP contribution in [0, 0.1) is 0 Å². The molecule has 0 aromatic rings. The van der Waals surface area contributed by atoms with E-state index >= 15 is 0 Å². The van der Waals surface area contributed by atoms with Gasteiger partial charge in [0.1, 0.15) is 18.8 Å². The first kappa shape index (κ1) is 31.7. The molecule has 0 aliphatic heterocycles. The minimum absolute atomic E-state index is 0.454. The SMILES string of the molecule is CCCCCCCCCCCCCCC=CC(C[N+](C)(C)C)OP(=O)(O)OC[C@H](O)CO. The van der Waals surface area contributed by atoms with Crippen molar-refractivity contribution in [2.75, 3.05) is 40.9 Å². The summed E-state index contributed by atoms with van der Waals surface area (Å²) in [5, 5.41) is 18.1. The molecule has 8 heteroatoms. The second-order valence-corrected chi connectivity index (χ2v) is 11.2. The van der Waals surface area contributed by atoms with Gasteiger partial charge in [0.25, 0.3) is 0 Å². The van der Waals surface area contributed by atoms with Crippen molar-refractivity contribution >= 4 is 7.82 Å². The third-order valence-corrected chi connectivity index (χ3v) is 6.22. The number of rotatable bonds is 22. The number of hydrogen-bond donors (Lipinski definition) is 3. The zero-order chi connectivity index (χ0) is 24.3. The average molecular weight is 481 g/mol. The fourth-order valence-corrected chi connectivity index (χ4v) is 4.36. The van der Waals surface area contributed by atoms with E-state index in [0.717, 1.165) is 12.8 Å². The lowest BCUT2D eigenvalue weighted by Crippen LogP contribution is -2.41. The van der Waals surface area contributed by atoms with Gasteiger partial charge >= 0.3 is 7.82 Å². The number of quaternary nitrogens is 1. The number of allylic oxidation sites excluding steroid dienone is 1. The van der Waals surface area contributed by atoms with Crippen molar-refractivity contribution in [3.8, 4) is 0 Å². The monoisotopic (exact) mass is 480 g/mol. The van der Waals surface area contributed by atoms with Crippen LogP contribution in [-0.2, 0) is 13.6 Å². The van der Waals surface area contributed by atoms with Gasteiger partial charge in [-0.1, -0.05) is 89.7 Å². The summed E-state index contributed by atoms with van der Waals surface area (Å²) in [4.78, 5) is 9.92. The third-order valence-electron chi connectivity index (χ3n) is 5.21. The molecular formula is C24H51NO6P+. The average Bonchev–Trinajstić information content (AvgIpc) is 2.70. The minimum Gasteiger partial charge on any atom is -0.394 e. The number of hydrogen-bond acceptors (Lipinski definition) is 5. The normalized spacial score (nSPS) is 16.3. The smallest absolute Gasteiger partial charge is 0.394 e. The largest absolute Gasteiger partial charge is 0.473 e. The van der Waals surface area contributed by atoms with E-state index in [2.05, 4.69) is 6.92 Å². The van der Waals surface area contributed by atoms with Crippen LogP contribution in [0.15, 0.2) is 12.2 Å². The Balaban J connectivity index is 4.09. The molecule has 0 saturated carbocycles. The molecule has 0 bridgehead atoms. The summed E-state index contributed by atoms with van der Waals surface area (Å²) in [6.45, 7) is 1.77. The zero-order valence-electron chi connectivity index (χ0n) is 21.1. The maximum atomic E-state index is 12.2. The van der Waals surface area contributed by atoms with Crippen molar-refractivity contribution in [3.05, 3.63) is 12.2 Å². The highest BCUT2D eigenvalue weighted by molar-refractivity contribution is 7.47. The van der Waals surface area contributed by atoms with Gasteiger partial charge < -0.3 is 19.6 Å². The molecule has 0 amide bonds. The van der Waals surface area contributed by atoms with Crippen molar-refractivity contribution in [3.63, 3.8) is 0 Å². The number of phosphoric acid groups is 1. The quantitative estimate of drug-likeness (QED) is 0.0853. The molecule has 0 heterocycles. The maximum Gasteiger partial charge on any atom is 0.473 e. The molecule has 0 aliphatic carbocycles. The van der Waals surface area contributed by atoms with E-state index in [0.29, 0.717) is 11.0 Å². The highest BCUT2D eigenvalue weighted by atomic mass is 31.2. The van der Waals surface area contributed by atoms with E-state index in [-0.39, 0.29) is 0 Å². The van der Waals surface area contributed by atoms with Crippen LogP contribution < -0.4 is 0 Å². The van der Waals surface area contributed by atoms with Crippen molar-refractivity contribution in [2.24, 2.45) is 0 Å². The molecule has 0 rings (SSSR count). The molecule has 0 aliphatic rings. The molecule has 32 heavy (non-hydrogen) atoms. The summed E-state index contributed by atoms with van der Waals surface area (Å²) in [5.41, 5.74) is 0.